The number of nitrogens with zero attached hydrogens (tertiary/aromatic N) is 3. The zero-order chi connectivity index (χ0) is 10.1. The van der Waals surface area contributed by atoms with E-state index in [2.05, 4.69) is 26.0 Å². The molecule has 0 bridgehead atoms. The van der Waals surface area contributed by atoms with E-state index < -0.39 is 0 Å². The number of hydrogen-bond donors (Lipinski definition) is 0. The van der Waals surface area contributed by atoms with Gasteiger partial charge in [-0.3, -0.25) is 0 Å². The molecule has 0 unspecified atom stereocenters. The van der Waals surface area contributed by atoms with Gasteiger partial charge in [-0.2, -0.15) is 16.9 Å². The van der Waals surface area contributed by atoms with E-state index >= 15 is 0 Å². The van der Waals surface area contributed by atoms with Crippen molar-refractivity contribution in [1.29, 1.82) is 0 Å². The highest BCUT2D eigenvalue weighted by Crippen LogP contribution is 2.21. The maximum Gasteiger partial charge on any atom is 0.171 e. The Labute approximate surface area is 99.0 Å². The molecule has 2 aromatic rings. The van der Waals surface area contributed by atoms with Crippen molar-refractivity contribution in [2.75, 3.05) is 6.26 Å². The number of thioether (sulfide) groups is 1. The summed E-state index contributed by atoms with van der Waals surface area (Å²) in [6, 6.07) is 1.84. The molecular weight excluding hydrogens is 286 g/mol. The number of halogens is 2. The van der Waals surface area contributed by atoms with Crippen LogP contribution in [0, 0.1) is 0 Å². The largest absolute Gasteiger partial charge is 0.217 e. The maximum absolute atomic E-state index is 5.91. The van der Waals surface area contributed by atoms with Crippen LogP contribution in [0.1, 0.15) is 5.69 Å². The SMILES string of the molecule is CSCc1cc(Cl)nc2c(Br)cnn12. The van der Waals surface area contributed by atoms with Crippen LogP contribution < -0.4 is 0 Å². The van der Waals surface area contributed by atoms with E-state index in [1.165, 1.54) is 0 Å². The Balaban J connectivity index is 2.68. The Morgan fingerprint density at radius 1 is 1.64 bits per heavy atom. The molecule has 0 aliphatic heterocycles. The van der Waals surface area contributed by atoms with E-state index in [4.69, 9.17) is 11.6 Å². The number of fused-ring (bicyclic) bond motifs is 1. The summed E-state index contributed by atoms with van der Waals surface area (Å²) in [5.74, 6) is 0.868. The minimum absolute atomic E-state index is 0.503. The van der Waals surface area contributed by atoms with Gasteiger partial charge in [0.15, 0.2) is 5.65 Å². The molecule has 6 heteroatoms. The van der Waals surface area contributed by atoms with Crippen molar-refractivity contribution in [3.05, 3.63) is 27.6 Å². The fraction of sp³-hybridized carbons (Fsp3) is 0.250. The van der Waals surface area contributed by atoms with Gasteiger partial charge in [0, 0.05) is 5.75 Å². The van der Waals surface area contributed by atoms with Gasteiger partial charge < -0.3 is 0 Å². The third kappa shape index (κ3) is 1.76. The van der Waals surface area contributed by atoms with Crippen LogP contribution in [-0.4, -0.2) is 20.9 Å². The Morgan fingerprint density at radius 3 is 3.14 bits per heavy atom. The second kappa shape index (κ2) is 4.08. The van der Waals surface area contributed by atoms with Crippen LogP contribution in [0.3, 0.4) is 0 Å². The fourth-order valence-electron chi connectivity index (χ4n) is 1.22. The van der Waals surface area contributed by atoms with E-state index in [-0.39, 0.29) is 0 Å². The lowest BCUT2D eigenvalue weighted by molar-refractivity contribution is 0.888. The summed E-state index contributed by atoms with van der Waals surface area (Å²) in [5, 5.41) is 4.72. The zero-order valence-electron chi connectivity index (χ0n) is 7.37. The normalized spacial score (nSPS) is 11.1. The fourth-order valence-corrected chi connectivity index (χ4v) is 2.27. The van der Waals surface area contributed by atoms with E-state index in [0.717, 1.165) is 21.6 Å². The van der Waals surface area contributed by atoms with Gasteiger partial charge in [-0.05, 0) is 28.3 Å². The molecule has 2 heterocycles. The van der Waals surface area contributed by atoms with Crippen LogP contribution in [0.4, 0.5) is 0 Å². The standard InChI is InChI=1S/C8H7BrClN3S/c1-14-4-5-2-7(10)12-8-6(9)3-11-13(5)8/h2-3H,4H2,1H3. The van der Waals surface area contributed by atoms with Gasteiger partial charge >= 0.3 is 0 Å². The highest BCUT2D eigenvalue weighted by molar-refractivity contribution is 9.10. The molecule has 74 valence electrons. The predicted molar refractivity (Wildman–Crippen MR) is 62.9 cm³/mol. The summed E-state index contributed by atoms with van der Waals surface area (Å²) in [4.78, 5) is 4.19. The molecule has 0 spiro atoms. The first-order valence-electron chi connectivity index (χ1n) is 3.90. The topological polar surface area (TPSA) is 30.2 Å². The number of aromatic nitrogens is 3. The van der Waals surface area contributed by atoms with E-state index in [1.807, 2.05) is 12.3 Å². The third-order valence-corrected chi connectivity index (χ3v) is 3.10. The molecule has 0 N–H and O–H groups in total. The smallest absolute Gasteiger partial charge is 0.171 e. The van der Waals surface area contributed by atoms with Crippen LogP contribution >= 0.6 is 39.3 Å². The second-order valence-electron chi connectivity index (χ2n) is 2.73. The van der Waals surface area contributed by atoms with Gasteiger partial charge in [-0.25, -0.2) is 9.50 Å². The summed E-state index contributed by atoms with van der Waals surface area (Å²) < 4.78 is 2.66. The van der Waals surface area contributed by atoms with Crippen molar-refractivity contribution >= 4 is 44.9 Å². The lowest BCUT2D eigenvalue weighted by atomic mass is 10.4. The van der Waals surface area contributed by atoms with E-state index in [0.29, 0.717) is 5.15 Å². The molecule has 0 saturated heterocycles. The van der Waals surface area contributed by atoms with Crippen LogP contribution in [0.25, 0.3) is 5.65 Å². The summed E-state index contributed by atoms with van der Waals surface area (Å²) in [5.41, 5.74) is 1.82. The van der Waals surface area contributed by atoms with Crippen molar-refractivity contribution in [2.24, 2.45) is 0 Å². The molecule has 14 heavy (non-hydrogen) atoms. The Morgan fingerprint density at radius 2 is 2.43 bits per heavy atom. The molecular formula is C8H7BrClN3S. The van der Waals surface area contributed by atoms with Gasteiger partial charge in [0.1, 0.15) is 5.15 Å². The highest BCUT2D eigenvalue weighted by Gasteiger charge is 2.08. The van der Waals surface area contributed by atoms with Crippen molar-refractivity contribution in [1.82, 2.24) is 14.6 Å². The van der Waals surface area contributed by atoms with Crippen LogP contribution in [-0.2, 0) is 5.75 Å². The molecule has 0 saturated carbocycles. The first kappa shape index (κ1) is 10.3. The van der Waals surface area contributed by atoms with Crippen LogP contribution in [0.15, 0.2) is 16.7 Å². The van der Waals surface area contributed by atoms with Crippen molar-refractivity contribution in [3.8, 4) is 0 Å². The Hall–Kier alpha value is -0.260. The first-order chi connectivity index (χ1) is 6.72. The van der Waals surface area contributed by atoms with Crippen LogP contribution in [0.2, 0.25) is 5.15 Å². The van der Waals surface area contributed by atoms with E-state index in [1.54, 1.807) is 22.5 Å². The van der Waals surface area contributed by atoms with E-state index in [9.17, 15) is 0 Å². The zero-order valence-corrected chi connectivity index (χ0v) is 10.5. The maximum atomic E-state index is 5.91. The molecule has 2 aromatic heterocycles. The molecule has 0 atom stereocenters. The summed E-state index contributed by atoms with van der Waals surface area (Å²) >= 11 is 11.0. The minimum atomic E-state index is 0.503. The molecule has 0 aromatic carbocycles. The summed E-state index contributed by atoms with van der Waals surface area (Å²) in [6.07, 6.45) is 3.77. The average Bonchev–Trinajstić information content (AvgIpc) is 2.49. The van der Waals surface area contributed by atoms with Gasteiger partial charge in [0.05, 0.1) is 16.4 Å². The highest BCUT2D eigenvalue weighted by atomic mass is 79.9. The first-order valence-corrected chi connectivity index (χ1v) is 6.46. The summed E-state index contributed by atoms with van der Waals surface area (Å²) in [6.45, 7) is 0. The average molecular weight is 293 g/mol. The van der Waals surface area contributed by atoms with Crippen LogP contribution in [0.5, 0.6) is 0 Å². The van der Waals surface area contributed by atoms with Crippen molar-refractivity contribution < 1.29 is 0 Å². The Kier molecular flexibility index (Phi) is 2.99. The van der Waals surface area contributed by atoms with Gasteiger partial charge in [-0.1, -0.05) is 11.6 Å². The molecule has 0 aliphatic rings. The van der Waals surface area contributed by atoms with Gasteiger partial charge in [-0.15, -0.1) is 0 Å². The van der Waals surface area contributed by atoms with Crippen molar-refractivity contribution in [3.63, 3.8) is 0 Å². The minimum Gasteiger partial charge on any atom is -0.217 e. The monoisotopic (exact) mass is 291 g/mol. The third-order valence-electron chi connectivity index (χ3n) is 1.76. The number of rotatable bonds is 2. The van der Waals surface area contributed by atoms with Crippen molar-refractivity contribution in [2.45, 2.75) is 5.75 Å². The number of hydrogen-bond acceptors (Lipinski definition) is 3. The lowest BCUT2D eigenvalue weighted by Crippen LogP contribution is -1.98. The second-order valence-corrected chi connectivity index (χ2v) is 4.84. The predicted octanol–water partition coefficient (Wildman–Crippen LogP) is 3.01. The summed E-state index contributed by atoms with van der Waals surface area (Å²) in [7, 11) is 0. The van der Waals surface area contributed by atoms with Gasteiger partial charge in [0.2, 0.25) is 0 Å². The molecule has 0 radical (unpaired) electrons. The molecule has 0 aliphatic carbocycles. The van der Waals surface area contributed by atoms with Gasteiger partial charge in [0.25, 0.3) is 0 Å². The lowest BCUT2D eigenvalue weighted by Gasteiger charge is -2.02. The molecule has 0 fully saturated rings. The molecule has 0 amide bonds. The molecule has 3 nitrogen and oxygen atoms in total. The Bertz CT molecular complexity index is 471. The molecule has 2 rings (SSSR count). The quantitative estimate of drug-likeness (QED) is 0.797.